The van der Waals surface area contributed by atoms with E-state index < -0.39 is 23.3 Å². The first-order valence-electron chi connectivity index (χ1n) is 9.25. The van der Waals surface area contributed by atoms with Crippen LogP contribution in [0, 0.1) is 11.7 Å². The number of anilines is 1. The standard InChI is InChI=1S/C23H24FNO3/c1-14(26)20-19(25-18-7-5-4-6-8-18)13-23(3,28)22(15(2)27)21(20)16-9-11-17(24)12-10-16/h4-12,21-22,25,28H,13H2,1-3H3/t21-,22-,23-/m1/s1. The van der Waals surface area contributed by atoms with E-state index in [4.69, 9.17) is 0 Å². The van der Waals surface area contributed by atoms with Crippen LogP contribution >= 0.6 is 0 Å². The van der Waals surface area contributed by atoms with E-state index in [1.54, 1.807) is 19.1 Å². The Morgan fingerprint density at radius 1 is 1.07 bits per heavy atom. The zero-order valence-corrected chi connectivity index (χ0v) is 16.2. The van der Waals surface area contributed by atoms with E-state index in [-0.39, 0.29) is 18.0 Å². The number of ketones is 2. The maximum absolute atomic E-state index is 13.5. The highest BCUT2D eigenvalue weighted by molar-refractivity contribution is 5.98. The Morgan fingerprint density at radius 3 is 2.21 bits per heavy atom. The van der Waals surface area contributed by atoms with Gasteiger partial charge in [-0.15, -0.1) is 0 Å². The minimum atomic E-state index is -1.36. The SMILES string of the molecule is CC(=O)C1=C(Nc2ccccc2)C[C@@](C)(O)[C@H](C(C)=O)[C@@H]1c1ccc(F)cc1. The van der Waals surface area contributed by atoms with Crippen LogP contribution < -0.4 is 5.32 Å². The first kappa shape index (κ1) is 20.0. The zero-order valence-electron chi connectivity index (χ0n) is 16.2. The molecule has 0 amide bonds. The average molecular weight is 381 g/mol. The lowest BCUT2D eigenvalue weighted by Crippen LogP contribution is -2.48. The lowest BCUT2D eigenvalue weighted by Gasteiger charge is -2.43. The van der Waals surface area contributed by atoms with Crippen molar-refractivity contribution in [2.24, 2.45) is 5.92 Å². The summed E-state index contributed by atoms with van der Waals surface area (Å²) in [6.07, 6.45) is 0.138. The average Bonchev–Trinajstić information content (AvgIpc) is 2.61. The van der Waals surface area contributed by atoms with Crippen molar-refractivity contribution >= 4 is 17.3 Å². The van der Waals surface area contributed by atoms with Crippen LogP contribution in [0.25, 0.3) is 0 Å². The molecule has 3 rings (SSSR count). The van der Waals surface area contributed by atoms with Gasteiger partial charge in [0.1, 0.15) is 11.6 Å². The fourth-order valence-electron chi connectivity index (χ4n) is 4.22. The zero-order chi connectivity index (χ0) is 20.5. The topological polar surface area (TPSA) is 66.4 Å². The first-order valence-corrected chi connectivity index (χ1v) is 9.25. The van der Waals surface area contributed by atoms with E-state index >= 15 is 0 Å². The Kier molecular flexibility index (Phi) is 5.47. The molecule has 1 aliphatic carbocycles. The molecular weight excluding hydrogens is 357 g/mol. The fraction of sp³-hybridized carbons (Fsp3) is 0.304. The van der Waals surface area contributed by atoms with Crippen LogP contribution in [0.4, 0.5) is 10.1 Å². The number of rotatable bonds is 5. The molecule has 5 heteroatoms. The highest BCUT2D eigenvalue weighted by Crippen LogP contribution is 2.47. The molecule has 0 saturated heterocycles. The number of carbonyl (C=O) groups is 2. The predicted octanol–water partition coefficient (Wildman–Crippen LogP) is 4.22. The number of halogens is 1. The van der Waals surface area contributed by atoms with E-state index in [0.717, 1.165) is 5.69 Å². The van der Waals surface area contributed by atoms with Gasteiger partial charge < -0.3 is 10.4 Å². The molecule has 0 spiro atoms. The van der Waals surface area contributed by atoms with Crippen molar-refractivity contribution in [3.05, 3.63) is 77.2 Å². The summed E-state index contributed by atoms with van der Waals surface area (Å²) in [5.41, 5.74) is 1.07. The molecule has 1 aliphatic rings. The summed E-state index contributed by atoms with van der Waals surface area (Å²) in [7, 11) is 0. The van der Waals surface area contributed by atoms with Crippen LogP contribution in [-0.4, -0.2) is 22.3 Å². The largest absolute Gasteiger partial charge is 0.389 e. The van der Waals surface area contributed by atoms with Gasteiger partial charge in [-0.25, -0.2) is 4.39 Å². The molecule has 0 aromatic heterocycles. The summed E-state index contributed by atoms with van der Waals surface area (Å²) in [4.78, 5) is 25.2. The molecule has 0 fully saturated rings. The summed E-state index contributed by atoms with van der Waals surface area (Å²) in [5, 5.41) is 14.4. The second-order valence-electron chi connectivity index (χ2n) is 7.59. The highest BCUT2D eigenvalue weighted by atomic mass is 19.1. The smallest absolute Gasteiger partial charge is 0.158 e. The molecule has 0 bridgehead atoms. The summed E-state index contributed by atoms with van der Waals surface area (Å²) in [6, 6.07) is 15.1. The van der Waals surface area contributed by atoms with Crippen LogP contribution in [-0.2, 0) is 9.59 Å². The first-order chi connectivity index (χ1) is 13.2. The quantitative estimate of drug-likeness (QED) is 0.814. The van der Waals surface area contributed by atoms with Crippen molar-refractivity contribution in [3.63, 3.8) is 0 Å². The third kappa shape index (κ3) is 3.90. The third-order valence-electron chi connectivity index (χ3n) is 5.29. The van der Waals surface area contributed by atoms with Crippen LogP contribution in [0.2, 0.25) is 0 Å². The van der Waals surface area contributed by atoms with Gasteiger partial charge in [-0.1, -0.05) is 30.3 Å². The number of benzene rings is 2. The Labute approximate surface area is 164 Å². The van der Waals surface area contributed by atoms with Gasteiger partial charge in [0.2, 0.25) is 0 Å². The van der Waals surface area contributed by atoms with Gasteiger partial charge in [0.15, 0.2) is 5.78 Å². The maximum atomic E-state index is 13.5. The van der Waals surface area contributed by atoms with Crippen molar-refractivity contribution in [1.82, 2.24) is 0 Å². The number of hydrogen-bond acceptors (Lipinski definition) is 4. The third-order valence-corrected chi connectivity index (χ3v) is 5.29. The molecule has 2 aromatic carbocycles. The second kappa shape index (κ2) is 7.68. The molecule has 3 atom stereocenters. The van der Waals surface area contributed by atoms with Crippen molar-refractivity contribution in [1.29, 1.82) is 0 Å². The summed E-state index contributed by atoms with van der Waals surface area (Å²) in [6.45, 7) is 4.48. The van der Waals surface area contributed by atoms with E-state index in [9.17, 15) is 19.1 Å². The van der Waals surface area contributed by atoms with Gasteiger partial charge in [0, 0.05) is 29.3 Å². The maximum Gasteiger partial charge on any atom is 0.158 e. The van der Waals surface area contributed by atoms with Gasteiger partial charge in [0.25, 0.3) is 0 Å². The molecule has 28 heavy (non-hydrogen) atoms. The molecule has 0 radical (unpaired) electrons. The number of Topliss-reactive ketones (excluding diaryl/α,β-unsaturated/α-hetero) is 2. The van der Waals surface area contributed by atoms with Gasteiger partial charge in [-0.2, -0.15) is 0 Å². The predicted molar refractivity (Wildman–Crippen MR) is 106 cm³/mol. The number of hydrogen-bond donors (Lipinski definition) is 2. The summed E-state index contributed by atoms with van der Waals surface area (Å²) in [5.74, 6) is -2.27. The minimum Gasteiger partial charge on any atom is -0.389 e. The lowest BCUT2D eigenvalue weighted by molar-refractivity contribution is -0.131. The molecule has 0 unspecified atom stereocenters. The molecule has 2 N–H and O–H groups in total. The molecule has 0 saturated carbocycles. The molecule has 0 aliphatic heterocycles. The van der Waals surface area contributed by atoms with Crippen LogP contribution in [0.1, 0.15) is 38.7 Å². The molecule has 146 valence electrons. The van der Waals surface area contributed by atoms with Crippen molar-refractivity contribution in [2.75, 3.05) is 5.32 Å². The van der Waals surface area contributed by atoms with Crippen molar-refractivity contribution in [2.45, 2.75) is 38.7 Å². The van der Waals surface area contributed by atoms with Crippen molar-refractivity contribution in [3.8, 4) is 0 Å². The van der Waals surface area contributed by atoms with Gasteiger partial charge in [-0.05, 0) is 50.6 Å². The van der Waals surface area contributed by atoms with Gasteiger partial charge in [0.05, 0.1) is 11.5 Å². The number of para-hydroxylation sites is 1. The van der Waals surface area contributed by atoms with Crippen LogP contribution in [0.15, 0.2) is 65.9 Å². The second-order valence-corrected chi connectivity index (χ2v) is 7.59. The van der Waals surface area contributed by atoms with Crippen LogP contribution in [0.5, 0.6) is 0 Å². The van der Waals surface area contributed by atoms with E-state index in [0.29, 0.717) is 16.8 Å². The molecule has 0 heterocycles. The van der Waals surface area contributed by atoms with E-state index in [1.165, 1.54) is 26.0 Å². The number of nitrogens with one attached hydrogen (secondary N) is 1. The number of allylic oxidation sites excluding steroid dienone is 1. The fourth-order valence-corrected chi connectivity index (χ4v) is 4.22. The Bertz CT molecular complexity index is 917. The Balaban J connectivity index is 2.21. The number of carbonyl (C=O) groups excluding carboxylic acids is 2. The lowest BCUT2D eigenvalue weighted by atomic mass is 9.64. The highest BCUT2D eigenvalue weighted by Gasteiger charge is 2.49. The molecular formula is C23H24FNO3. The number of aliphatic hydroxyl groups is 1. The molecule has 4 nitrogen and oxygen atoms in total. The van der Waals surface area contributed by atoms with Crippen LogP contribution in [0.3, 0.4) is 0 Å². The summed E-state index contributed by atoms with van der Waals surface area (Å²) >= 11 is 0. The summed E-state index contributed by atoms with van der Waals surface area (Å²) < 4.78 is 13.5. The van der Waals surface area contributed by atoms with E-state index in [2.05, 4.69) is 5.32 Å². The van der Waals surface area contributed by atoms with Gasteiger partial charge >= 0.3 is 0 Å². The molecule has 2 aromatic rings. The van der Waals surface area contributed by atoms with Gasteiger partial charge in [-0.3, -0.25) is 9.59 Å². The normalized spacial score (nSPS) is 24.8. The monoisotopic (exact) mass is 381 g/mol. The van der Waals surface area contributed by atoms with E-state index in [1.807, 2.05) is 30.3 Å². The Morgan fingerprint density at radius 2 is 1.68 bits per heavy atom. The Hall–Kier alpha value is -2.79. The van der Waals surface area contributed by atoms with Crippen molar-refractivity contribution < 1.29 is 19.1 Å². The minimum absolute atomic E-state index is 0.138.